The maximum absolute atomic E-state index is 13.4. The number of aliphatic hydroxyl groups excluding tert-OH is 1. The fraction of sp³-hybridized carbons (Fsp3) is 0.174. The predicted octanol–water partition coefficient (Wildman–Crippen LogP) is 3.88. The molecule has 0 spiro atoms. The van der Waals surface area contributed by atoms with Crippen LogP contribution >= 0.6 is 0 Å². The van der Waals surface area contributed by atoms with Gasteiger partial charge in [-0.2, -0.15) is 0 Å². The zero-order valence-corrected chi connectivity index (χ0v) is 16.2. The first-order valence-corrected chi connectivity index (χ1v) is 9.59. The lowest BCUT2D eigenvalue weighted by molar-refractivity contribution is -0.384. The van der Waals surface area contributed by atoms with E-state index in [2.05, 4.69) is 17.5 Å². The molecule has 0 bridgehead atoms. The second kappa shape index (κ2) is 7.96. The molecule has 0 radical (unpaired) electrons. The molecule has 0 aliphatic carbocycles. The largest absolute Gasteiger partial charge is 0.508 e. The molecule has 2 aliphatic heterocycles. The lowest BCUT2D eigenvalue weighted by atomic mass is 9.94. The Hall–Kier alpha value is -3.71. The molecule has 2 aromatic carbocycles. The van der Waals surface area contributed by atoms with E-state index in [1.165, 1.54) is 29.8 Å². The lowest BCUT2D eigenvalue weighted by Crippen LogP contribution is -2.42. The van der Waals surface area contributed by atoms with Crippen molar-refractivity contribution in [2.45, 2.75) is 25.2 Å². The van der Waals surface area contributed by atoms with E-state index in [1.54, 1.807) is 23.1 Å². The summed E-state index contributed by atoms with van der Waals surface area (Å²) >= 11 is 0. The van der Waals surface area contributed by atoms with E-state index in [9.17, 15) is 20.0 Å². The predicted molar refractivity (Wildman–Crippen MR) is 114 cm³/mol. The molecule has 0 saturated carbocycles. The molecule has 2 atom stereocenters. The van der Waals surface area contributed by atoms with Gasteiger partial charge in [0.15, 0.2) is 0 Å². The Morgan fingerprint density at radius 3 is 2.53 bits per heavy atom. The van der Waals surface area contributed by atoms with Crippen molar-refractivity contribution in [1.29, 1.82) is 0 Å². The number of allylic oxidation sites excluding steroid dienone is 3. The number of fused-ring (bicyclic) bond motifs is 2. The summed E-state index contributed by atoms with van der Waals surface area (Å²) in [6, 6.07) is 13.8. The van der Waals surface area contributed by atoms with Crippen LogP contribution in [0.5, 0.6) is 0 Å². The number of hydrogen-bond acceptors (Lipinski definition) is 5. The Kier molecular flexibility index (Phi) is 5.20. The minimum Gasteiger partial charge on any atom is -0.508 e. The average molecular weight is 403 g/mol. The van der Waals surface area contributed by atoms with Gasteiger partial charge in [0.05, 0.1) is 11.0 Å². The Morgan fingerprint density at radius 1 is 1.17 bits per heavy atom. The van der Waals surface area contributed by atoms with E-state index in [0.717, 1.165) is 5.56 Å². The number of carbonyl (C=O) groups is 1. The first kappa shape index (κ1) is 19.6. The number of nitro groups is 1. The zero-order valence-electron chi connectivity index (χ0n) is 16.2. The summed E-state index contributed by atoms with van der Waals surface area (Å²) in [4.78, 5) is 27.7. The number of anilines is 1. The number of benzene rings is 2. The third-order valence-electron chi connectivity index (χ3n) is 5.51. The van der Waals surface area contributed by atoms with Crippen LogP contribution in [0.2, 0.25) is 0 Å². The molecule has 152 valence electrons. The van der Waals surface area contributed by atoms with Crippen molar-refractivity contribution >= 4 is 17.3 Å². The van der Waals surface area contributed by atoms with Crippen molar-refractivity contribution < 1.29 is 14.8 Å². The Labute approximate surface area is 174 Å². The van der Waals surface area contributed by atoms with Crippen molar-refractivity contribution in [3.63, 3.8) is 0 Å². The van der Waals surface area contributed by atoms with E-state index >= 15 is 0 Å². The van der Waals surface area contributed by atoms with Crippen LogP contribution in [0, 0.1) is 10.1 Å². The normalized spacial score (nSPS) is 21.5. The Bertz CT molecular complexity index is 1060. The Morgan fingerprint density at radius 2 is 1.87 bits per heavy atom. The maximum atomic E-state index is 13.4. The summed E-state index contributed by atoms with van der Waals surface area (Å²) in [7, 11) is 0. The topological polar surface area (TPSA) is 86.9 Å². The number of nitrogens with zero attached hydrogens (tertiary/aromatic N) is 3. The molecule has 7 heteroatoms. The fourth-order valence-corrected chi connectivity index (χ4v) is 4.02. The quantitative estimate of drug-likeness (QED) is 0.354. The molecule has 1 fully saturated rings. The van der Waals surface area contributed by atoms with E-state index in [4.69, 9.17) is 0 Å². The van der Waals surface area contributed by atoms with E-state index in [-0.39, 0.29) is 29.6 Å². The van der Waals surface area contributed by atoms with E-state index in [0.29, 0.717) is 18.7 Å². The number of amides is 1. The summed E-state index contributed by atoms with van der Waals surface area (Å²) < 4.78 is 0. The smallest absolute Gasteiger partial charge is 0.269 e. The van der Waals surface area contributed by atoms with Crippen LogP contribution in [0.25, 0.3) is 0 Å². The van der Waals surface area contributed by atoms with Gasteiger partial charge >= 0.3 is 0 Å². The van der Waals surface area contributed by atoms with Crippen LogP contribution in [0.1, 0.15) is 11.1 Å². The summed E-state index contributed by atoms with van der Waals surface area (Å²) in [5, 5.41) is 20.6. The number of non-ortho nitro benzene ring substituents is 1. The molecule has 2 unspecified atom stereocenters. The highest BCUT2D eigenvalue weighted by atomic mass is 16.6. The average Bonchev–Trinajstić information content (AvgIpc) is 3.03. The molecule has 4 rings (SSSR count). The Balaban J connectivity index is 1.73. The highest BCUT2D eigenvalue weighted by Crippen LogP contribution is 2.36. The minimum absolute atomic E-state index is 0.0259. The van der Waals surface area contributed by atoms with Crippen LogP contribution in [0.3, 0.4) is 0 Å². The molecular weight excluding hydrogens is 382 g/mol. The van der Waals surface area contributed by atoms with Crippen LogP contribution in [-0.2, 0) is 17.8 Å². The molecule has 30 heavy (non-hydrogen) atoms. The standard InChI is InChI=1S/C23H21N3O4/c1-2-20(27)8-5-9-22-24-15-17-7-4-3-6-16(17)14-21(24)23(28)25(22)18-10-12-19(13-11-18)26(29)30/h2-13,21-22,27H,1,14-15H2/b9-5+,20-8+. The van der Waals surface area contributed by atoms with Gasteiger partial charge in [-0.3, -0.25) is 24.7 Å². The van der Waals surface area contributed by atoms with Crippen molar-refractivity contribution in [1.82, 2.24) is 4.90 Å². The molecule has 1 N–H and O–H groups in total. The SMILES string of the molecule is C=C/C(O)=C\C=C\C1N(c2ccc([N+](=O)[O-])cc2)C(=O)C2Cc3ccccc3CN21. The second-order valence-corrected chi connectivity index (χ2v) is 7.24. The molecule has 1 amide bonds. The zero-order chi connectivity index (χ0) is 21.3. The molecule has 2 aromatic rings. The third-order valence-corrected chi connectivity index (χ3v) is 5.51. The molecule has 1 saturated heterocycles. The van der Waals surface area contributed by atoms with E-state index < -0.39 is 4.92 Å². The van der Waals surface area contributed by atoms with Gasteiger partial charge in [0.1, 0.15) is 11.9 Å². The minimum atomic E-state index is -0.463. The molecular formula is C23H21N3O4. The monoisotopic (exact) mass is 403 g/mol. The summed E-state index contributed by atoms with van der Waals surface area (Å²) in [6.45, 7) is 4.13. The maximum Gasteiger partial charge on any atom is 0.269 e. The number of nitro benzene ring substituents is 1. The van der Waals surface area contributed by atoms with Crippen molar-refractivity contribution in [3.8, 4) is 0 Å². The summed E-state index contributed by atoms with van der Waals surface area (Å²) in [5.41, 5.74) is 2.90. The van der Waals surface area contributed by atoms with Gasteiger partial charge in [0.2, 0.25) is 5.91 Å². The number of aliphatic hydroxyl groups is 1. The highest BCUT2D eigenvalue weighted by Gasteiger charge is 2.47. The number of hydrogen-bond donors (Lipinski definition) is 1. The van der Waals surface area contributed by atoms with Gasteiger partial charge in [0.25, 0.3) is 5.69 Å². The van der Waals surface area contributed by atoms with Crippen LogP contribution in [0.4, 0.5) is 11.4 Å². The number of rotatable bonds is 5. The van der Waals surface area contributed by atoms with Crippen molar-refractivity contribution in [2.75, 3.05) is 4.90 Å². The molecule has 2 aliphatic rings. The van der Waals surface area contributed by atoms with Crippen molar-refractivity contribution in [2.24, 2.45) is 0 Å². The first-order valence-electron chi connectivity index (χ1n) is 9.59. The summed E-state index contributed by atoms with van der Waals surface area (Å²) in [6.07, 6.45) is 6.60. The lowest BCUT2D eigenvalue weighted by Gasteiger charge is -2.33. The highest BCUT2D eigenvalue weighted by molar-refractivity contribution is 6.00. The van der Waals surface area contributed by atoms with Gasteiger partial charge < -0.3 is 5.11 Å². The van der Waals surface area contributed by atoms with Gasteiger partial charge in [-0.1, -0.05) is 36.9 Å². The number of carbonyl (C=O) groups excluding carboxylic acids is 1. The fourth-order valence-electron chi connectivity index (χ4n) is 4.02. The summed E-state index contributed by atoms with van der Waals surface area (Å²) in [5.74, 6) is -0.0251. The first-order chi connectivity index (χ1) is 14.5. The van der Waals surface area contributed by atoms with Crippen LogP contribution < -0.4 is 4.90 Å². The second-order valence-electron chi connectivity index (χ2n) is 7.24. The van der Waals surface area contributed by atoms with Gasteiger partial charge in [0, 0.05) is 24.4 Å². The van der Waals surface area contributed by atoms with Crippen LogP contribution in [-0.4, -0.2) is 33.0 Å². The third kappa shape index (κ3) is 3.51. The van der Waals surface area contributed by atoms with E-state index in [1.807, 2.05) is 24.3 Å². The molecule has 0 aromatic heterocycles. The molecule has 7 nitrogen and oxygen atoms in total. The van der Waals surface area contributed by atoms with Crippen LogP contribution in [0.15, 0.2) is 85.2 Å². The van der Waals surface area contributed by atoms with Gasteiger partial charge in [-0.25, -0.2) is 0 Å². The molecule has 2 heterocycles. The van der Waals surface area contributed by atoms with Crippen molar-refractivity contribution in [3.05, 3.63) is 106 Å². The van der Waals surface area contributed by atoms with Gasteiger partial charge in [-0.05, 0) is 47.9 Å². The van der Waals surface area contributed by atoms with Gasteiger partial charge in [-0.15, -0.1) is 0 Å².